The number of pyridine rings is 1. The Bertz CT molecular complexity index is 816. The van der Waals surface area contributed by atoms with E-state index in [1.165, 1.54) is 6.20 Å². The molecule has 0 saturated carbocycles. The molecule has 0 atom stereocenters. The monoisotopic (exact) mass is 352 g/mol. The summed E-state index contributed by atoms with van der Waals surface area (Å²) in [5, 5.41) is 14.2. The van der Waals surface area contributed by atoms with Gasteiger partial charge in [0.15, 0.2) is 5.82 Å². The lowest BCUT2D eigenvalue weighted by atomic mass is 10.2. The van der Waals surface area contributed by atoms with E-state index in [1.54, 1.807) is 12.1 Å². The van der Waals surface area contributed by atoms with E-state index in [4.69, 9.17) is 4.74 Å². The second-order valence-corrected chi connectivity index (χ2v) is 5.37. The summed E-state index contributed by atoms with van der Waals surface area (Å²) in [6.07, 6.45) is 5.31. The molecule has 0 saturated heterocycles. The van der Waals surface area contributed by atoms with Crippen molar-refractivity contribution in [3.8, 4) is 11.7 Å². The molecule has 3 aromatic heterocycles. The van der Waals surface area contributed by atoms with Crippen molar-refractivity contribution in [1.29, 1.82) is 0 Å². The molecule has 0 aliphatic rings. The van der Waals surface area contributed by atoms with E-state index >= 15 is 0 Å². The minimum atomic E-state index is -0.184. The third-order valence-electron chi connectivity index (χ3n) is 3.53. The molecule has 1 amide bonds. The van der Waals surface area contributed by atoms with E-state index in [2.05, 4.69) is 25.8 Å². The van der Waals surface area contributed by atoms with Crippen LogP contribution in [-0.2, 0) is 0 Å². The average molecular weight is 352 g/mol. The molecule has 0 aromatic carbocycles. The molecule has 8 nitrogen and oxygen atoms in total. The third-order valence-corrected chi connectivity index (χ3v) is 3.53. The summed E-state index contributed by atoms with van der Waals surface area (Å²) in [6.45, 7) is 3.41. The molecule has 0 aliphatic heterocycles. The van der Waals surface area contributed by atoms with Crippen molar-refractivity contribution < 1.29 is 9.53 Å². The van der Waals surface area contributed by atoms with Crippen LogP contribution in [0.1, 0.15) is 17.3 Å². The van der Waals surface area contributed by atoms with Gasteiger partial charge in [-0.1, -0.05) is 0 Å². The van der Waals surface area contributed by atoms with Crippen LogP contribution >= 0.6 is 0 Å². The number of carbonyl (C=O) groups excluding carboxylic acids is 1. The molecule has 0 fully saturated rings. The molecule has 0 bridgehead atoms. The first-order valence-electron chi connectivity index (χ1n) is 8.34. The maximum Gasteiger partial charge on any atom is 0.252 e. The van der Waals surface area contributed by atoms with Crippen molar-refractivity contribution in [3.05, 3.63) is 60.6 Å². The first-order valence-corrected chi connectivity index (χ1v) is 8.34. The van der Waals surface area contributed by atoms with Gasteiger partial charge in [-0.05, 0) is 37.3 Å². The predicted octanol–water partition coefficient (Wildman–Crippen LogP) is 1.90. The van der Waals surface area contributed by atoms with E-state index in [9.17, 15) is 4.79 Å². The number of carbonyl (C=O) groups is 1. The Morgan fingerprint density at radius 3 is 2.62 bits per heavy atom. The number of hydrogen-bond donors (Lipinski definition) is 2. The Morgan fingerprint density at radius 1 is 1.12 bits per heavy atom. The van der Waals surface area contributed by atoms with E-state index in [0.717, 1.165) is 5.82 Å². The Hall–Kier alpha value is -3.42. The SMILES string of the molecule is CCOc1ccc(C(=O)NCCNc2ccc(-n3cccc3)nn2)cn1. The number of anilines is 1. The number of rotatable bonds is 8. The van der Waals surface area contributed by atoms with Gasteiger partial charge in [0.05, 0.1) is 12.2 Å². The summed E-state index contributed by atoms with van der Waals surface area (Å²) in [7, 11) is 0. The van der Waals surface area contributed by atoms with Crippen molar-refractivity contribution in [1.82, 2.24) is 25.1 Å². The number of amides is 1. The normalized spacial score (nSPS) is 10.3. The molecule has 3 heterocycles. The molecule has 0 aliphatic carbocycles. The van der Waals surface area contributed by atoms with E-state index in [-0.39, 0.29) is 5.91 Å². The van der Waals surface area contributed by atoms with Crippen molar-refractivity contribution in [3.63, 3.8) is 0 Å². The predicted molar refractivity (Wildman–Crippen MR) is 97.6 cm³/mol. The summed E-state index contributed by atoms with van der Waals surface area (Å²) < 4.78 is 7.13. The highest BCUT2D eigenvalue weighted by Crippen LogP contribution is 2.08. The molecular formula is C18H20N6O2. The van der Waals surface area contributed by atoms with Crippen LogP contribution in [0.5, 0.6) is 5.88 Å². The minimum absolute atomic E-state index is 0.184. The lowest BCUT2D eigenvalue weighted by Crippen LogP contribution is -2.29. The van der Waals surface area contributed by atoms with Crippen LogP contribution < -0.4 is 15.4 Å². The molecule has 3 rings (SSSR count). The fourth-order valence-electron chi connectivity index (χ4n) is 2.26. The molecule has 8 heteroatoms. The quantitative estimate of drug-likeness (QED) is 0.602. The number of hydrogen-bond acceptors (Lipinski definition) is 6. The highest BCUT2D eigenvalue weighted by atomic mass is 16.5. The summed E-state index contributed by atoms with van der Waals surface area (Å²) in [5.41, 5.74) is 0.490. The standard InChI is InChI=1S/C18H20N6O2/c1-2-26-17-8-5-14(13-21-17)18(25)20-10-9-19-15-6-7-16(23-22-15)24-11-3-4-12-24/h3-8,11-13H,2,9-10H2,1H3,(H,19,22)(H,20,25). The Labute approximate surface area is 151 Å². The topological polar surface area (TPSA) is 94.0 Å². The van der Waals surface area contributed by atoms with Gasteiger partial charge in [-0.15, -0.1) is 10.2 Å². The number of ether oxygens (including phenoxy) is 1. The lowest BCUT2D eigenvalue weighted by Gasteiger charge is -2.08. The maximum absolute atomic E-state index is 12.1. The summed E-state index contributed by atoms with van der Waals surface area (Å²) >= 11 is 0. The fraction of sp³-hybridized carbons (Fsp3) is 0.222. The Morgan fingerprint density at radius 2 is 1.96 bits per heavy atom. The average Bonchev–Trinajstić information content (AvgIpc) is 3.21. The smallest absolute Gasteiger partial charge is 0.252 e. The number of nitrogens with zero attached hydrogens (tertiary/aromatic N) is 4. The zero-order chi connectivity index (χ0) is 18.2. The molecule has 134 valence electrons. The van der Waals surface area contributed by atoms with Gasteiger partial charge in [0.1, 0.15) is 5.82 Å². The van der Waals surface area contributed by atoms with Crippen LogP contribution in [0.3, 0.4) is 0 Å². The lowest BCUT2D eigenvalue weighted by molar-refractivity contribution is 0.0954. The van der Waals surface area contributed by atoms with Gasteiger partial charge < -0.3 is 19.9 Å². The summed E-state index contributed by atoms with van der Waals surface area (Å²) in [5.74, 6) is 1.72. The number of nitrogens with one attached hydrogen (secondary N) is 2. The highest BCUT2D eigenvalue weighted by molar-refractivity contribution is 5.93. The molecule has 26 heavy (non-hydrogen) atoms. The Kier molecular flexibility index (Phi) is 5.76. The van der Waals surface area contributed by atoms with Gasteiger partial charge in [0, 0.05) is 37.7 Å². The second-order valence-electron chi connectivity index (χ2n) is 5.37. The molecular weight excluding hydrogens is 332 g/mol. The van der Waals surface area contributed by atoms with Crippen molar-refractivity contribution in [2.75, 3.05) is 25.0 Å². The minimum Gasteiger partial charge on any atom is -0.478 e. The van der Waals surface area contributed by atoms with E-state index < -0.39 is 0 Å². The van der Waals surface area contributed by atoms with Crippen molar-refractivity contribution in [2.24, 2.45) is 0 Å². The van der Waals surface area contributed by atoms with Crippen LogP contribution in [0, 0.1) is 0 Å². The third kappa shape index (κ3) is 4.56. The van der Waals surface area contributed by atoms with Gasteiger partial charge in [-0.2, -0.15) is 0 Å². The van der Waals surface area contributed by atoms with Gasteiger partial charge in [-0.3, -0.25) is 4.79 Å². The van der Waals surface area contributed by atoms with Gasteiger partial charge in [-0.25, -0.2) is 4.98 Å². The molecule has 0 spiro atoms. The fourth-order valence-corrected chi connectivity index (χ4v) is 2.26. The van der Waals surface area contributed by atoms with Gasteiger partial charge in [0.2, 0.25) is 5.88 Å². The van der Waals surface area contributed by atoms with Crippen LogP contribution in [0.2, 0.25) is 0 Å². The molecule has 0 unspecified atom stereocenters. The van der Waals surface area contributed by atoms with Gasteiger partial charge >= 0.3 is 0 Å². The van der Waals surface area contributed by atoms with Crippen LogP contribution in [0.15, 0.2) is 55.0 Å². The van der Waals surface area contributed by atoms with Crippen molar-refractivity contribution >= 4 is 11.7 Å². The Balaban J connectivity index is 1.42. The zero-order valence-corrected chi connectivity index (χ0v) is 14.4. The largest absolute Gasteiger partial charge is 0.478 e. The molecule has 3 aromatic rings. The maximum atomic E-state index is 12.1. The summed E-state index contributed by atoms with van der Waals surface area (Å²) in [4.78, 5) is 16.1. The first-order chi connectivity index (χ1) is 12.8. The molecule has 2 N–H and O–H groups in total. The second kappa shape index (κ2) is 8.61. The highest BCUT2D eigenvalue weighted by Gasteiger charge is 2.06. The number of aromatic nitrogens is 4. The van der Waals surface area contributed by atoms with Crippen LogP contribution in [-0.4, -0.2) is 45.4 Å². The van der Waals surface area contributed by atoms with Crippen LogP contribution in [0.25, 0.3) is 5.82 Å². The van der Waals surface area contributed by atoms with E-state index in [1.807, 2.05) is 48.1 Å². The van der Waals surface area contributed by atoms with E-state index in [0.29, 0.717) is 37.0 Å². The molecule has 0 radical (unpaired) electrons. The van der Waals surface area contributed by atoms with Crippen molar-refractivity contribution in [2.45, 2.75) is 6.92 Å². The van der Waals surface area contributed by atoms with Crippen LogP contribution in [0.4, 0.5) is 5.82 Å². The summed E-state index contributed by atoms with van der Waals surface area (Å²) in [6, 6.07) is 10.9. The zero-order valence-electron chi connectivity index (χ0n) is 14.4. The van der Waals surface area contributed by atoms with Gasteiger partial charge in [0.25, 0.3) is 5.91 Å². The first kappa shape index (κ1) is 17.4.